The number of hydrogen-bond acceptors (Lipinski definition) is 4. The van der Waals surface area contributed by atoms with Gasteiger partial charge < -0.3 is 19.7 Å². The topological polar surface area (TPSA) is 33.7 Å². The van der Waals surface area contributed by atoms with Crippen LogP contribution in [0.15, 0.2) is 18.2 Å². The Hall–Kier alpha value is -1.26. The molecule has 116 valence electrons. The third-order valence-corrected chi connectivity index (χ3v) is 4.68. The fourth-order valence-electron chi connectivity index (χ4n) is 3.77. The largest absolute Gasteiger partial charge is 0.497 e. The fraction of sp³-hybridized carbons (Fsp3) is 0.647. The second-order valence-corrected chi connectivity index (χ2v) is 6.34. The van der Waals surface area contributed by atoms with E-state index in [1.165, 1.54) is 18.5 Å². The first-order chi connectivity index (χ1) is 10.2. The van der Waals surface area contributed by atoms with Crippen molar-refractivity contribution >= 4 is 0 Å². The van der Waals surface area contributed by atoms with Crippen LogP contribution in [0.2, 0.25) is 0 Å². The summed E-state index contributed by atoms with van der Waals surface area (Å²) in [6, 6.07) is 6.57. The zero-order chi connectivity index (χ0) is 14.9. The second-order valence-electron chi connectivity index (χ2n) is 6.34. The maximum Gasteiger partial charge on any atom is 0.128 e. The van der Waals surface area contributed by atoms with Gasteiger partial charge in [-0.3, -0.25) is 0 Å². The van der Waals surface area contributed by atoms with E-state index in [4.69, 9.17) is 9.47 Å². The number of nitrogens with one attached hydrogen (secondary N) is 1. The lowest BCUT2D eigenvalue weighted by molar-refractivity contribution is -0.0270. The van der Waals surface area contributed by atoms with Crippen LogP contribution < -0.4 is 14.8 Å². The number of piperidine rings is 1. The van der Waals surface area contributed by atoms with Crippen LogP contribution in [0.3, 0.4) is 0 Å². The first-order valence-electron chi connectivity index (χ1n) is 7.95. The van der Waals surface area contributed by atoms with Crippen LogP contribution in [-0.4, -0.2) is 44.3 Å². The molecule has 0 bridgehead atoms. The van der Waals surface area contributed by atoms with Crippen molar-refractivity contribution in [3.63, 3.8) is 0 Å². The molecule has 0 aromatic heterocycles. The van der Waals surface area contributed by atoms with E-state index < -0.39 is 0 Å². The highest BCUT2D eigenvalue weighted by molar-refractivity contribution is 5.44. The molecule has 1 spiro atoms. The SMILES string of the molecule is CCNC1CC2(CCCN(C)C2)Oc2cc(OC)ccc21. The minimum Gasteiger partial charge on any atom is -0.497 e. The van der Waals surface area contributed by atoms with Gasteiger partial charge in [-0.1, -0.05) is 13.0 Å². The normalized spacial score (nSPS) is 29.0. The number of methoxy groups -OCH3 is 1. The minimum atomic E-state index is -0.0563. The van der Waals surface area contributed by atoms with Gasteiger partial charge in [0.05, 0.1) is 7.11 Å². The van der Waals surface area contributed by atoms with Gasteiger partial charge in [-0.05, 0) is 39.0 Å². The Morgan fingerprint density at radius 1 is 1.48 bits per heavy atom. The van der Waals surface area contributed by atoms with Gasteiger partial charge in [0, 0.05) is 30.6 Å². The molecule has 0 amide bonds. The zero-order valence-corrected chi connectivity index (χ0v) is 13.3. The summed E-state index contributed by atoms with van der Waals surface area (Å²) in [6.07, 6.45) is 3.38. The third-order valence-electron chi connectivity index (χ3n) is 4.68. The predicted molar refractivity (Wildman–Crippen MR) is 84.1 cm³/mol. The van der Waals surface area contributed by atoms with Gasteiger partial charge in [-0.25, -0.2) is 0 Å². The van der Waals surface area contributed by atoms with E-state index in [0.717, 1.165) is 37.4 Å². The number of rotatable bonds is 3. The summed E-state index contributed by atoms with van der Waals surface area (Å²) in [5.74, 6) is 1.85. The molecule has 2 unspecified atom stereocenters. The maximum absolute atomic E-state index is 6.49. The molecular formula is C17H26N2O2. The van der Waals surface area contributed by atoms with Gasteiger partial charge in [0.2, 0.25) is 0 Å². The van der Waals surface area contributed by atoms with Crippen molar-refractivity contribution in [3.8, 4) is 11.5 Å². The van der Waals surface area contributed by atoms with Crippen molar-refractivity contribution in [3.05, 3.63) is 23.8 Å². The van der Waals surface area contributed by atoms with Crippen LogP contribution in [0.5, 0.6) is 11.5 Å². The zero-order valence-electron chi connectivity index (χ0n) is 13.3. The lowest BCUT2D eigenvalue weighted by Gasteiger charge is -2.47. The molecule has 2 atom stereocenters. The van der Waals surface area contributed by atoms with Crippen LogP contribution in [0.25, 0.3) is 0 Å². The Labute approximate surface area is 127 Å². The molecule has 0 radical (unpaired) electrons. The van der Waals surface area contributed by atoms with Crippen molar-refractivity contribution in [2.45, 2.75) is 37.8 Å². The average molecular weight is 290 g/mol. The Bertz CT molecular complexity index is 506. The van der Waals surface area contributed by atoms with E-state index >= 15 is 0 Å². The lowest BCUT2D eigenvalue weighted by Crippen LogP contribution is -2.54. The summed E-state index contributed by atoms with van der Waals surface area (Å²) < 4.78 is 11.8. The summed E-state index contributed by atoms with van der Waals surface area (Å²) in [6.45, 7) is 5.31. The molecule has 4 nitrogen and oxygen atoms in total. The highest BCUT2D eigenvalue weighted by atomic mass is 16.5. The Morgan fingerprint density at radius 3 is 3.05 bits per heavy atom. The van der Waals surface area contributed by atoms with E-state index in [-0.39, 0.29) is 5.60 Å². The Morgan fingerprint density at radius 2 is 2.33 bits per heavy atom. The van der Waals surface area contributed by atoms with Crippen molar-refractivity contribution in [1.82, 2.24) is 10.2 Å². The van der Waals surface area contributed by atoms with E-state index in [0.29, 0.717) is 6.04 Å². The van der Waals surface area contributed by atoms with Crippen molar-refractivity contribution in [1.29, 1.82) is 0 Å². The first kappa shape index (κ1) is 14.7. The minimum absolute atomic E-state index is 0.0563. The number of nitrogens with zero attached hydrogens (tertiary/aromatic N) is 1. The quantitative estimate of drug-likeness (QED) is 0.928. The number of hydrogen-bond donors (Lipinski definition) is 1. The van der Waals surface area contributed by atoms with Gasteiger partial charge in [-0.15, -0.1) is 0 Å². The summed E-state index contributed by atoms with van der Waals surface area (Å²) in [5.41, 5.74) is 1.20. The molecule has 2 heterocycles. The van der Waals surface area contributed by atoms with Crippen LogP contribution in [0.1, 0.15) is 37.8 Å². The molecule has 1 fully saturated rings. The van der Waals surface area contributed by atoms with Gasteiger partial charge in [0.1, 0.15) is 17.1 Å². The molecule has 4 heteroatoms. The van der Waals surface area contributed by atoms with E-state index in [1.54, 1.807) is 7.11 Å². The number of ether oxygens (including phenoxy) is 2. The average Bonchev–Trinajstić information content (AvgIpc) is 2.46. The lowest BCUT2D eigenvalue weighted by atomic mass is 9.81. The number of fused-ring (bicyclic) bond motifs is 1. The predicted octanol–water partition coefficient (Wildman–Crippen LogP) is 2.59. The van der Waals surface area contributed by atoms with Crippen molar-refractivity contribution in [2.75, 3.05) is 33.8 Å². The monoisotopic (exact) mass is 290 g/mol. The third kappa shape index (κ3) is 2.87. The molecule has 21 heavy (non-hydrogen) atoms. The number of benzene rings is 1. The summed E-state index contributed by atoms with van der Waals surface area (Å²) in [7, 11) is 3.89. The highest BCUT2D eigenvalue weighted by Crippen LogP contribution is 2.44. The fourth-order valence-corrected chi connectivity index (χ4v) is 3.77. The maximum atomic E-state index is 6.49. The second kappa shape index (κ2) is 5.85. The molecule has 1 aromatic carbocycles. The van der Waals surface area contributed by atoms with Crippen LogP contribution in [0.4, 0.5) is 0 Å². The molecule has 0 aliphatic carbocycles. The first-order valence-corrected chi connectivity index (χ1v) is 7.95. The number of likely N-dealkylation sites (N-methyl/N-ethyl adjacent to an activating group) is 1. The van der Waals surface area contributed by atoms with Gasteiger partial charge in [0.25, 0.3) is 0 Å². The van der Waals surface area contributed by atoms with E-state index in [2.05, 4.69) is 30.3 Å². The van der Waals surface area contributed by atoms with E-state index in [9.17, 15) is 0 Å². The molecule has 0 saturated carbocycles. The van der Waals surface area contributed by atoms with Crippen molar-refractivity contribution in [2.24, 2.45) is 0 Å². The summed E-state index contributed by atoms with van der Waals surface area (Å²) >= 11 is 0. The summed E-state index contributed by atoms with van der Waals surface area (Å²) in [5, 5.41) is 3.63. The highest BCUT2D eigenvalue weighted by Gasteiger charge is 2.43. The number of likely N-dealkylation sites (tertiary alicyclic amines) is 1. The standard InChI is InChI=1S/C17H26N2O2/c1-4-18-15-11-17(8-5-9-19(2)12-17)21-16-10-13(20-3)6-7-14(15)16/h6-7,10,15,18H,4-5,8-9,11-12H2,1-3H3. The Kier molecular flexibility index (Phi) is 4.09. The summed E-state index contributed by atoms with van der Waals surface area (Å²) in [4.78, 5) is 2.39. The molecule has 1 N–H and O–H groups in total. The van der Waals surface area contributed by atoms with E-state index in [1.807, 2.05) is 12.1 Å². The van der Waals surface area contributed by atoms with Crippen LogP contribution in [-0.2, 0) is 0 Å². The van der Waals surface area contributed by atoms with Gasteiger partial charge in [-0.2, -0.15) is 0 Å². The molecular weight excluding hydrogens is 264 g/mol. The molecule has 2 aliphatic rings. The van der Waals surface area contributed by atoms with Gasteiger partial charge in [0.15, 0.2) is 0 Å². The van der Waals surface area contributed by atoms with Crippen molar-refractivity contribution < 1.29 is 9.47 Å². The molecule has 1 aromatic rings. The van der Waals surface area contributed by atoms with Gasteiger partial charge >= 0.3 is 0 Å². The molecule has 3 rings (SSSR count). The Balaban J connectivity index is 1.94. The van der Waals surface area contributed by atoms with Crippen LogP contribution >= 0.6 is 0 Å². The molecule has 2 aliphatic heterocycles. The smallest absolute Gasteiger partial charge is 0.128 e. The van der Waals surface area contributed by atoms with Crippen LogP contribution in [0, 0.1) is 0 Å². The molecule has 1 saturated heterocycles.